The SMILES string of the molecule is O=C(NC1CCCCC1)c1ccccc1NC(=O)c1c(Cl)cccc1Cl. The highest BCUT2D eigenvalue weighted by Crippen LogP contribution is 2.26. The number of nitrogens with one attached hydrogen (secondary N) is 2. The Labute approximate surface area is 162 Å². The van der Waals surface area contributed by atoms with Gasteiger partial charge in [-0.2, -0.15) is 0 Å². The number of rotatable bonds is 4. The van der Waals surface area contributed by atoms with Crippen molar-refractivity contribution < 1.29 is 9.59 Å². The number of halogens is 2. The van der Waals surface area contributed by atoms with Crippen LogP contribution in [0.4, 0.5) is 5.69 Å². The molecule has 6 heteroatoms. The first-order valence-electron chi connectivity index (χ1n) is 8.71. The first-order valence-corrected chi connectivity index (χ1v) is 9.47. The average molecular weight is 391 g/mol. The summed E-state index contributed by atoms with van der Waals surface area (Å²) in [5, 5.41) is 6.35. The Kier molecular flexibility index (Phi) is 6.17. The molecule has 0 aliphatic heterocycles. The number of hydrogen-bond donors (Lipinski definition) is 2. The molecule has 1 fully saturated rings. The van der Waals surface area contributed by atoms with Crippen LogP contribution < -0.4 is 10.6 Å². The van der Waals surface area contributed by atoms with Gasteiger partial charge in [-0.3, -0.25) is 9.59 Å². The minimum absolute atomic E-state index is 0.182. The molecule has 2 N–H and O–H groups in total. The molecule has 4 nitrogen and oxygen atoms in total. The molecule has 2 aromatic rings. The van der Waals surface area contributed by atoms with Crippen molar-refractivity contribution in [3.05, 3.63) is 63.6 Å². The average Bonchev–Trinajstić information content (AvgIpc) is 2.63. The summed E-state index contributed by atoms with van der Waals surface area (Å²) in [4.78, 5) is 25.3. The maximum atomic E-state index is 12.7. The van der Waals surface area contributed by atoms with Crippen LogP contribution in [0.2, 0.25) is 10.0 Å². The van der Waals surface area contributed by atoms with Gasteiger partial charge in [0, 0.05) is 6.04 Å². The molecule has 2 aromatic carbocycles. The predicted molar refractivity (Wildman–Crippen MR) is 105 cm³/mol. The van der Waals surface area contributed by atoms with Crippen LogP contribution >= 0.6 is 23.2 Å². The van der Waals surface area contributed by atoms with Crippen LogP contribution in [0.25, 0.3) is 0 Å². The lowest BCUT2D eigenvalue weighted by Crippen LogP contribution is -2.36. The van der Waals surface area contributed by atoms with Crippen molar-refractivity contribution in [3.63, 3.8) is 0 Å². The summed E-state index contributed by atoms with van der Waals surface area (Å²) in [5.41, 5.74) is 1.05. The van der Waals surface area contributed by atoms with Crippen molar-refractivity contribution in [2.45, 2.75) is 38.1 Å². The summed E-state index contributed by atoms with van der Waals surface area (Å²) >= 11 is 12.2. The molecule has 0 heterocycles. The van der Waals surface area contributed by atoms with Crippen LogP contribution in [-0.2, 0) is 0 Å². The van der Waals surface area contributed by atoms with E-state index in [2.05, 4.69) is 10.6 Å². The second kappa shape index (κ2) is 8.56. The molecule has 3 rings (SSSR count). The molecule has 1 saturated carbocycles. The normalized spacial score (nSPS) is 14.7. The van der Waals surface area contributed by atoms with Crippen molar-refractivity contribution in [3.8, 4) is 0 Å². The summed E-state index contributed by atoms with van der Waals surface area (Å²) < 4.78 is 0. The highest BCUT2D eigenvalue weighted by atomic mass is 35.5. The second-order valence-electron chi connectivity index (χ2n) is 6.40. The van der Waals surface area contributed by atoms with Crippen molar-refractivity contribution in [2.75, 3.05) is 5.32 Å². The first-order chi connectivity index (χ1) is 12.6. The molecular weight excluding hydrogens is 371 g/mol. The van der Waals surface area contributed by atoms with E-state index in [4.69, 9.17) is 23.2 Å². The molecule has 0 atom stereocenters. The zero-order chi connectivity index (χ0) is 18.5. The molecule has 1 aliphatic rings. The molecule has 26 heavy (non-hydrogen) atoms. The Bertz CT molecular complexity index is 797. The summed E-state index contributed by atoms with van der Waals surface area (Å²) in [5.74, 6) is -0.628. The topological polar surface area (TPSA) is 58.2 Å². The van der Waals surface area contributed by atoms with Crippen LogP contribution in [0.3, 0.4) is 0 Å². The maximum absolute atomic E-state index is 12.7. The number of benzene rings is 2. The Morgan fingerprint density at radius 2 is 1.50 bits per heavy atom. The van der Waals surface area contributed by atoms with Gasteiger partial charge in [0.2, 0.25) is 0 Å². The van der Waals surface area contributed by atoms with Crippen LogP contribution in [0.1, 0.15) is 52.8 Å². The van der Waals surface area contributed by atoms with E-state index in [1.165, 1.54) is 6.42 Å². The van der Waals surface area contributed by atoms with E-state index in [-0.39, 0.29) is 27.6 Å². The van der Waals surface area contributed by atoms with Crippen LogP contribution in [0.5, 0.6) is 0 Å². The highest BCUT2D eigenvalue weighted by Gasteiger charge is 2.20. The quantitative estimate of drug-likeness (QED) is 0.742. The fourth-order valence-electron chi connectivity index (χ4n) is 3.20. The van der Waals surface area contributed by atoms with Crippen molar-refractivity contribution in [1.29, 1.82) is 0 Å². The van der Waals surface area contributed by atoms with Crippen LogP contribution in [-0.4, -0.2) is 17.9 Å². The van der Waals surface area contributed by atoms with Gasteiger partial charge in [0.05, 0.1) is 26.9 Å². The molecule has 0 spiro atoms. The van der Waals surface area contributed by atoms with Gasteiger partial charge in [-0.25, -0.2) is 0 Å². The summed E-state index contributed by atoms with van der Waals surface area (Å²) in [6, 6.07) is 12.0. The molecular formula is C20H20Cl2N2O2. The van der Waals surface area contributed by atoms with Crippen molar-refractivity contribution in [2.24, 2.45) is 0 Å². The lowest BCUT2D eigenvalue weighted by Gasteiger charge is -2.23. The van der Waals surface area contributed by atoms with Gasteiger partial charge in [-0.15, -0.1) is 0 Å². The van der Waals surface area contributed by atoms with E-state index in [1.54, 1.807) is 42.5 Å². The number of amides is 2. The largest absolute Gasteiger partial charge is 0.349 e. The molecule has 0 bridgehead atoms. The summed E-state index contributed by atoms with van der Waals surface area (Å²) in [6.45, 7) is 0. The number of hydrogen-bond acceptors (Lipinski definition) is 2. The van der Waals surface area contributed by atoms with E-state index in [9.17, 15) is 9.59 Å². The highest BCUT2D eigenvalue weighted by molar-refractivity contribution is 6.40. The van der Waals surface area contributed by atoms with Crippen LogP contribution in [0, 0.1) is 0 Å². The van der Waals surface area contributed by atoms with Gasteiger partial charge < -0.3 is 10.6 Å². The zero-order valence-electron chi connectivity index (χ0n) is 14.2. The lowest BCUT2D eigenvalue weighted by molar-refractivity contribution is 0.0928. The van der Waals surface area contributed by atoms with Gasteiger partial charge in [0.15, 0.2) is 0 Å². The van der Waals surface area contributed by atoms with Crippen molar-refractivity contribution in [1.82, 2.24) is 5.32 Å². The zero-order valence-corrected chi connectivity index (χ0v) is 15.7. The smallest absolute Gasteiger partial charge is 0.258 e. The Balaban J connectivity index is 1.78. The molecule has 0 saturated heterocycles. The number of carbonyl (C=O) groups excluding carboxylic acids is 2. The minimum Gasteiger partial charge on any atom is -0.349 e. The van der Waals surface area contributed by atoms with Gasteiger partial charge in [-0.1, -0.05) is 60.7 Å². The van der Waals surface area contributed by atoms with E-state index in [0.29, 0.717) is 11.3 Å². The Morgan fingerprint density at radius 3 is 2.19 bits per heavy atom. The number of anilines is 1. The van der Waals surface area contributed by atoms with E-state index in [1.807, 2.05) is 0 Å². The molecule has 0 aromatic heterocycles. The monoisotopic (exact) mass is 390 g/mol. The minimum atomic E-state index is -0.446. The third kappa shape index (κ3) is 4.37. The number of carbonyl (C=O) groups is 2. The third-order valence-corrected chi connectivity index (χ3v) is 5.18. The van der Waals surface area contributed by atoms with E-state index < -0.39 is 5.91 Å². The molecule has 2 amide bonds. The van der Waals surface area contributed by atoms with Gasteiger partial charge >= 0.3 is 0 Å². The second-order valence-corrected chi connectivity index (χ2v) is 7.22. The summed E-state index contributed by atoms with van der Waals surface area (Å²) in [6.07, 6.45) is 5.48. The third-order valence-electron chi connectivity index (χ3n) is 4.55. The lowest BCUT2D eigenvalue weighted by atomic mass is 9.95. The van der Waals surface area contributed by atoms with Crippen molar-refractivity contribution >= 4 is 40.7 Å². The van der Waals surface area contributed by atoms with Crippen LogP contribution in [0.15, 0.2) is 42.5 Å². The van der Waals surface area contributed by atoms with Gasteiger partial charge in [0.25, 0.3) is 11.8 Å². The van der Waals surface area contributed by atoms with Gasteiger partial charge in [-0.05, 0) is 37.1 Å². The number of para-hydroxylation sites is 1. The van der Waals surface area contributed by atoms with Gasteiger partial charge in [0.1, 0.15) is 0 Å². The van der Waals surface area contributed by atoms with E-state index >= 15 is 0 Å². The molecule has 0 unspecified atom stereocenters. The first kappa shape index (κ1) is 18.7. The summed E-state index contributed by atoms with van der Waals surface area (Å²) in [7, 11) is 0. The fourth-order valence-corrected chi connectivity index (χ4v) is 3.77. The van der Waals surface area contributed by atoms with E-state index in [0.717, 1.165) is 25.7 Å². The maximum Gasteiger partial charge on any atom is 0.258 e. The molecule has 0 radical (unpaired) electrons. The molecule has 136 valence electrons. The predicted octanol–water partition coefficient (Wildman–Crippen LogP) is 5.31. The Morgan fingerprint density at radius 1 is 0.846 bits per heavy atom. The Hall–Kier alpha value is -2.04. The fraction of sp³-hybridized carbons (Fsp3) is 0.300. The standard InChI is InChI=1S/C20H20Cl2N2O2/c21-15-10-6-11-16(22)18(15)20(26)24-17-12-5-4-9-14(17)19(25)23-13-7-2-1-3-8-13/h4-6,9-13H,1-3,7-8H2,(H,23,25)(H,24,26). The molecule has 1 aliphatic carbocycles.